The SMILES string of the molecule is C=C[CH2][Al]1[CH2]CCC[O]1.Cl. The average Bonchev–Trinajstić information content (AvgIpc) is 1.91. The maximum atomic E-state index is 5.59. The van der Waals surface area contributed by atoms with Crippen LogP contribution in [0.3, 0.4) is 0 Å². The lowest BCUT2D eigenvalue weighted by molar-refractivity contribution is 0.288. The third kappa shape index (κ3) is 3.63. The summed E-state index contributed by atoms with van der Waals surface area (Å²) in [6, 6.07) is 0. The smallest absolute Gasteiger partial charge is 0.464 e. The predicted molar refractivity (Wildman–Crippen MR) is 48.0 cm³/mol. The van der Waals surface area contributed by atoms with Gasteiger partial charge in [-0.2, -0.15) is 0 Å². The predicted octanol–water partition coefficient (Wildman–Crippen LogP) is 2.40. The summed E-state index contributed by atoms with van der Waals surface area (Å²) < 4.78 is 5.59. The van der Waals surface area contributed by atoms with Gasteiger partial charge in [0.15, 0.2) is 0 Å². The first-order valence-corrected chi connectivity index (χ1v) is 5.76. The molecule has 0 aliphatic carbocycles. The van der Waals surface area contributed by atoms with E-state index in [2.05, 4.69) is 6.58 Å². The molecule has 0 bridgehead atoms. The molecule has 1 fully saturated rings. The molecule has 1 nitrogen and oxygen atoms in total. The summed E-state index contributed by atoms with van der Waals surface area (Å²) >= 11 is -0.744. The summed E-state index contributed by atoms with van der Waals surface area (Å²) in [5.74, 6) is 0. The van der Waals surface area contributed by atoms with E-state index in [-0.39, 0.29) is 12.4 Å². The standard InChI is InChI=1S/C4H8O.C3H5.Al.ClH/c1-2-3-4-5;1-3-2;;/h1-4H2;3H,1-2H2;;1H/q-1;;+1;. The normalized spacial score (nSPS) is 17.8. The topological polar surface area (TPSA) is 9.23 Å². The van der Waals surface area contributed by atoms with E-state index in [0.29, 0.717) is 0 Å². The molecule has 1 rings (SSSR count). The summed E-state index contributed by atoms with van der Waals surface area (Å²) in [5.41, 5.74) is 0. The van der Waals surface area contributed by atoms with E-state index in [1.54, 1.807) is 0 Å². The molecule has 1 aliphatic heterocycles. The minimum atomic E-state index is -0.744. The molecule has 0 unspecified atom stereocenters. The second-order valence-electron chi connectivity index (χ2n) is 2.51. The Balaban J connectivity index is 0.000000810. The van der Waals surface area contributed by atoms with Crippen LogP contribution in [-0.4, -0.2) is 21.1 Å². The van der Waals surface area contributed by atoms with Crippen molar-refractivity contribution in [2.45, 2.75) is 23.4 Å². The highest BCUT2D eigenvalue weighted by Gasteiger charge is 2.20. The van der Waals surface area contributed by atoms with E-state index in [1.165, 1.54) is 23.4 Å². The fraction of sp³-hybridized carbons (Fsp3) is 0.714. The number of hydrogen-bond acceptors (Lipinski definition) is 1. The van der Waals surface area contributed by atoms with Gasteiger partial charge in [0.05, 0.1) is 0 Å². The van der Waals surface area contributed by atoms with E-state index >= 15 is 0 Å². The molecule has 3 heteroatoms. The van der Waals surface area contributed by atoms with Gasteiger partial charge in [-0.25, -0.2) is 0 Å². The van der Waals surface area contributed by atoms with Crippen molar-refractivity contribution in [1.82, 2.24) is 0 Å². The van der Waals surface area contributed by atoms with Crippen molar-refractivity contribution in [3.8, 4) is 0 Å². The summed E-state index contributed by atoms with van der Waals surface area (Å²) in [6.07, 6.45) is 4.67. The first kappa shape index (κ1) is 10.5. The summed E-state index contributed by atoms with van der Waals surface area (Å²) in [7, 11) is 0. The lowest BCUT2D eigenvalue weighted by Crippen LogP contribution is -2.21. The van der Waals surface area contributed by atoms with Gasteiger partial charge in [0.25, 0.3) is 0 Å². The van der Waals surface area contributed by atoms with Crippen molar-refractivity contribution in [1.29, 1.82) is 0 Å². The van der Waals surface area contributed by atoms with Gasteiger partial charge in [-0.3, -0.25) is 0 Å². The van der Waals surface area contributed by atoms with Gasteiger partial charge in [0.1, 0.15) is 0 Å². The molecule has 0 amide bonds. The van der Waals surface area contributed by atoms with Crippen LogP contribution in [0, 0.1) is 0 Å². The van der Waals surface area contributed by atoms with Crippen LogP contribution in [0.4, 0.5) is 0 Å². The van der Waals surface area contributed by atoms with Crippen LogP contribution in [0.25, 0.3) is 0 Å². The van der Waals surface area contributed by atoms with Crippen LogP contribution in [0.5, 0.6) is 0 Å². The number of allylic oxidation sites excluding steroid dienone is 1. The Morgan fingerprint density at radius 1 is 1.50 bits per heavy atom. The molecule has 0 saturated carbocycles. The molecular formula is C7H14AlClO. The molecule has 0 aromatic heterocycles. The van der Waals surface area contributed by atoms with Gasteiger partial charge in [0, 0.05) is 6.61 Å². The average molecular weight is 177 g/mol. The van der Waals surface area contributed by atoms with Gasteiger partial charge >= 0.3 is 14.5 Å². The second-order valence-corrected chi connectivity index (χ2v) is 5.14. The summed E-state index contributed by atoms with van der Waals surface area (Å²) in [4.78, 5) is 0. The van der Waals surface area contributed by atoms with Crippen LogP contribution >= 0.6 is 12.4 Å². The zero-order valence-electron chi connectivity index (χ0n) is 6.21. The maximum absolute atomic E-state index is 5.59. The Labute approximate surface area is 73.6 Å². The number of rotatable bonds is 2. The summed E-state index contributed by atoms with van der Waals surface area (Å²) in [6.45, 7) is 4.73. The van der Waals surface area contributed by atoms with E-state index < -0.39 is 14.5 Å². The molecule has 0 aromatic rings. The second kappa shape index (κ2) is 6.25. The Morgan fingerprint density at radius 3 is 2.80 bits per heavy atom. The molecule has 1 aliphatic rings. The molecule has 0 N–H and O–H groups in total. The molecule has 58 valence electrons. The minimum Gasteiger partial charge on any atom is -0.500 e. The molecule has 0 atom stereocenters. The van der Waals surface area contributed by atoms with Crippen LogP contribution in [-0.2, 0) is 3.79 Å². The Bertz CT molecular complexity index is 91.6. The van der Waals surface area contributed by atoms with Gasteiger partial charge < -0.3 is 3.79 Å². The Hall–Kier alpha value is 0.522. The van der Waals surface area contributed by atoms with E-state index in [9.17, 15) is 0 Å². The van der Waals surface area contributed by atoms with Crippen molar-refractivity contribution >= 4 is 26.9 Å². The highest BCUT2D eigenvalue weighted by atomic mass is 35.5. The van der Waals surface area contributed by atoms with E-state index in [1.807, 2.05) is 6.08 Å². The third-order valence-electron chi connectivity index (χ3n) is 1.70. The van der Waals surface area contributed by atoms with Crippen molar-refractivity contribution in [2.24, 2.45) is 0 Å². The van der Waals surface area contributed by atoms with Crippen LogP contribution < -0.4 is 0 Å². The first-order valence-electron chi connectivity index (χ1n) is 3.66. The number of halogens is 1. The quantitative estimate of drug-likeness (QED) is 0.464. The van der Waals surface area contributed by atoms with Crippen molar-refractivity contribution in [3.63, 3.8) is 0 Å². The van der Waals surface area contributed by atoms with Gasteiger partial charge in [-0.05, 0) is 6.42 Å². The molecular weight excluding hydrogens is 163 g/mol. The zero-order chi connectivity index (χ0) is 6.53. The fourth-order valence-corrected chi connectivity index (χ4v) is 3.33. The zero-order valence-corrected chi connectivity index (χ0v) is 8.19. The Morgan fingerprint density at radius 2 is 2.30 bits per heavy atom. The molecule has 0 radical (unpaired) electrons. The number of hydrogen-bond donors (Lipinski definition) is 0. The highest BCUT2D eigenvalue weighted by molar-refractivity contribution is 6.52. The van der Waals surface area contributed by atoms with Crippen LogP contribution in [0.2, 0.25) is 10.6 Å². The monoisotopic (exact) mass is 176 g/mol. The van der Waals surface area contributed by atoms with Crippen molar-refractivity contribution in [3.05, 3.63) is 12.7 Å². The first-order chi connectivity index (χ1) is 4.43. The van der Waals surface area contributed by atoms with E-state index in [0.717, 1.165) is 6.61 Å². The Kier molecular flexibility index (Phi) is 6.57. The third-order valence-corrected chi connectivity index (χ3v) is 4.32. The summed E-state index contributed by atoms with van der Waals surface area (Å²) in [5, 5.41) is 2.53. The van der Waals surface area contributed by atoms with Crippen LogP contribution in [0.1, 0.15) is 12.8 Å². The minimum absolute atomic E-state index is 0. The lowest BCUT2D eigenvalue weighted by Gasteiger charge is -2.16. The molecule has 1 heterocycles. The molecule has 10 heavy (non-hydrogen) atoms. The van der Waals surface area contributed by atoms with Crippen LogP contribution in [0.15, 0.2) is 12.7 Å². The van der Waals surface area contributed by atoms with Gasteiger partial charge in [0.2, 0.25) is 0 Å². The maximum Gasteiger partial charge on any atom is 0.464 e. The van der Waals surface area contributed by atoms with E-state index in [4.69, 9.17) is 3.79 Å². The fourth-order valence-electron chi connectivity index (χ4n) is 1.18. The van der Waals surface area contributed by atoms with Gasteiger partial charge in [-0.15, -0.1) is 25.1 Å². The molecule has 0 aromatic carbocycles. The lowest BCUT2D eigenvalue weighted by atomic mass is 10.4. The van der Waals surface area contributed by atoms with Gasteiger partial charge in [-0.1, -0.05) is 17.0 Å². The molecule has 1 saturated heterocycles. The molecule has 0 spiro atoms. The van der Waals surface area contributed by atoms with Crippen molar-refractivity contribution < 1.29 is 3.79 Å². The highest BCUT2D eigenvalue weighted by Crippen LogP contribution is 2.13. The largest absolute Gasteiger partial charge is 0.500 e. The van der Waals surface area contributed by atoms with Crippen molar-refractivity contribution in [2.75, 3.05) is 6.61 Å².